The fourth-order valence-corrected chi connectivity index (χ4v) is 27.7. The Bertz CT molecular complexity index is 5650. The van der Waals surface area contributed by atoms with E-state index in [2.05, 4.69) is 392 Å². The summed E-state index contributed by atoms with van der Waals surface area (Å²) < 4.78 is 80.2. The predicted molar refractivity (Wildman–Crippen MR) is 538 cm³/mol. The Kier molecular flexibility index (Phi) is 47.4. The molecule has 5 saturated carbocycles. The second kappa shape index (κ2) is 56.4. The number of hydrogen-bond donors (Lipinski definition) is 0. The first-order valence-corrected chi connectivity index (χ1v) is 53.5. The molecule has 0 saturated heterocycles. The molecule has 12 aromatic carbocycles. The topological polar surface area (TPSA) is 206 Å². The number of carbonyl (C=O) groups is 4. The molecule has 0 amide bonds. The minimum absolute atomic E-state index is 0. The third-order valence-electron chi connectivity index (χ3n) is 22.8. The van der Waals surface area contributed by atoms with E-state index in [4.69, 9.17) is 18.9 Å². The highest BCUT2D eigenvalue weighted by Crippen LogP contribution is 2.59. The first-order chi connectivity index (χ1) is 63.8. The highest BCUT2D eigenvalue weighted by Gasteiger charge is 2.57. The Morgan fingerprint density at radius 3 is 1.01 bits per heavy atom. The molecule has 0 aromatic heterocycles. The van der Waals surface area contributed by atoms with Gasteiger partial charge in [-0.25, -0.2) is 31.2 Å². The van der Waals surface area contributed by atoms with Gasteiger partial charge in [-0.2, -0.15) is 0 Å². The molecule has 4 bridgehead atoms. The number of halogens is 4. The van der Waals surface area contributed by atoms with Gasteiger partial charge in [0, 0.05) is 24.0 Å². The van der Waals surface area contributed by atoms with Crippen LogP contribution in [-0.4, -0.2) is 123 Å². The second-order valence-electron chi connectivity index (χ2n) is 35.2. The van der Waals surface area contributed by atoms with Gasteiger partial charge in [-0.15, -0.1) is 0 Å². The van der Waals surface area contributed by atoms with Crippen LogP contribution in [0.15, 0.2) is 405 Å². The lowest BCUT2D eigenvalue weighted by Crippen LogP contribution is -3.00. The Hall–Kier alpha value is -9.00. The van der Waals surface area contributed by atoms with E-state index in [0.717, 1.165) is 65.3 Å². The summed E-state index contributed by atoms with van der Waals surface area (Å²) in [6, 6.07) is 117. The van der Waals surface area contributed by atoms with Crippen LogP contribution >= 0.6 is 0 Å². The molecule has 0 atom stereocenters. The van der Waals surface area contributed by atoms with Crippen LogP contribution in [0.4, 0.5) is 0 Å². The highest BCUT2D eigenvalue weighted by molar-refractivity contribution is 8.12. The molecule has 5 fully saturated rings. The third-order valence-corrected chi connectivity index (χ3v) is 34.3. The van der Waals surface area contributed by atoms with Gasteiger partial charge in [-0.05, 0) is 279 Å². The van der Waals surface area contributed by atoms with Gasteiger partial charge in [0.2, 0.25) is 0 Å². The van der Waals surface area contributed by atoms with Crippen molar-refractivity contribution < 1.29 is 137 Å². The number of aryl methyl sites for hydroxylation is 3. The molecule has 17 rings (SSSR count). The highest BCUT2D eigenvalue weighted by atomic mass is 79.9. The maximum Gasteiger partial charge on any atom is 0.344 e. The molecule has 0 unspecified atom stereocenters. The lowest BCUT2D eigenvalue weighted by molar-refractivity contribution is -0.849. The van der Waals surface area contributed by atoms with E-state index < -0.39 is 37.7 Å². The molecule has 0 N–H and O–H groups in total. The Morgan fingerprint density at radius 2 is 0.693 bits per heavy atom. The fourth-order valence-electron chi connectivity index (χ4n) is 16.9. The zero-order valence-corrected chi connectivity index (χ0v) is 90.9. The lowest BCUT2D eigenvalue weighted by Gasteiger charge is -2.59. The van der Waals surface area contributed by atoms with Gasteiger partial charge in [-0.3, -0.25) is 4.79 Å². The quantitative estimate of drug-likeness (QED) is 0.0107. The fraction of sp³-hybridized carbons (Fsp3) is 0.297. The molecule has 0 aliphatic heterocycles. The maximum absolute atomic E-state index is 13.0. The molecule has 16 nitrogen and oxygen atoms in total. The number of benzene rings is 12. The summed E-state index contributed by atoms with van der Waals surface area (Å²) in [6.45, 7) is 14.6. The molecular formula is C111H126Br4N2O14S6. The molecule has 5 aliphatic rings. The predicted octanol–water partition coefficient (Wildman–Crippen LogP) is 11.9. The van der Waals surface area contributed by atoms with Gasteiger partial charge in [0.25, 0.3) is 0 Å². The van der Waals surface area contributed by atoms with Crippen molar-refractivity contribution in [2.45, 2.75) is 182 Å². The Morgan fingerprint density at radius 1 is 0.401 bits per heavy atom. The number of rotatable bonds is 29. The summed E-state index contributed by atoms with van der Waals surface area (Å²) in [5.74, 6) is 0.617. The summed E-state index contributed by atoms with van der Waals surface area (Å²) in [7, 11) is -0.536. The number of ether oxygens (including phenoxy) is 6. The summed E-state index contributed by atoms with van der Waals surface area (Å²) >= 11 is 0. The summed E-state index contributed by atoms with van der Waals surface area (Å²) in [5.41, 5.74) is 2.95. The van der Waals surface area contributed by atoms with E-state index >= 15 is 0 Å². The van der Waals surface area contributed by atoms with Crippen LogP contribution in [0.5, 0.6) is 11.5 Å². The molecule has 137 heavy (non-hydrogen) atoms. The normalized spacial score (nSPS) is 16.3. The average molecular weight is 2220 g/mol. The number of nitrogens with zero attached hydrogens (tertiary/aromatic N) is 2. The molecule has 728 valence electrons. The molecule has 0 radical (unpaired) electrons. The number of sulfonamides is 2. The molecule has 0 heterocycles. The van der Waals surface area contributed by atoms with Crippen molar-refractivity contribution >= 4 is 87.5 Å². The smallest absolute Gasteiger partial charge is 0.344 e. The van der Waals surface area contributed by atoms with Crippen LogP contribution in [0.1, 0.15) is 108 Å². The average Bonchev–Trinajstić information content (AvgIpc) is 0.733. The molecule has 12 aromatic rings. The minimum atomic E-state index is -4.46. The maximum atomic E-state index is 13.0. The van der Waals surface area contributed by atoms with Gasteiger partial charge in [0.1, 0.15) is 41.7 Å². The van der Waals surface area contributed by atoms with E-state index in [1.54, 1.807) is 0 Å². The van der Waals surface area contributed by atoms with Crippen molar-refractivity contribution in [2.24, 2.45) is 23.7 Å². The Labute approximate surface area is 866 Å². The zero-order chi connectivity index (χ0) is 95.0. The summed E-state index contributed by atoms with van der Waals surface area (Å²) in [5, 5.41) is 0. The zero-order valence-electron chi connectivity index (χ0n) is 79.7. The largest absolute Gasteiger partial charge is 1.00 e. The first-order valence-electron chi connectivity index (χ1n) is 45.2. The minimum Gasteiger partial charge on any atom is -1.00 e. The molecule has 26 heteroatoms. The summed E-state index contributed by atoms with van der Waals surface area (Å²) in [6.07, 6.45) is 13.2. The van der Waals surface area contributed by atoms with Gasteiger partial charge in [-0.1, -0.05) is 201 Å². The number of carbonyl (C=O) groups excluding carboxylic acids is 4. The van der Waals surface area contributed by atoms with Gasteiger partial charge >= 0.3 is 23.9 Å². The van der Waals surface area contributed by atoms with Crippen molar-refractivity contribution in [1.29, 1.82) is 0 Å². The van der Waals surface area contributed by atoms with Crippen LogP contribution in [-0.2, 0) is 102 Å². The number of hydrogen-bond acceptors (Lipinski definition) is 14. The van der Waals surface area contributed by atoms with Crippen LogP contribution in [0, 0.1) is 44.4 Å². The van der Waals surface area contributed by atoms with Crippen LogP contribution < -0.4 is 77.4 Å². The van der Waals surface area contributed by atoms with Crippen molar-refractivity contribution in [1.82, 2.24) is 0 Å². The van der Waals surface area contributed by atoms with Crippen molar-refractivity contribution in [2.75, 3.05) is 66.6 Å². The van der Waals surface area contributed by atoms with Gasteiger partial charge in [0.15, 0.2) is 72.0 Å². The second-order valence-corrected chi connectivity index (χ2v) is 46.8. The SMILES string of the molecule is C=C(C)C(=O)OCCOC(=O)CS(=O)(=O)[N-]S(C)(=O)=O.CCC1(OC(=O)COc2ccc([S+](c3ccccc3)c3ccccc3)cc2)CCCCC1.C[N+](C)(C)C.Cc1cc([S+](c2ccccc2)c2ccccc2)cc(C)c1OCC(=O)OC1(C)C2CC3CC(C2)CC1C3.Cc1ccc([S+](c2ccccc2)c2ccccc2)cc1.[Br-].[Br-].[Br-].[Br-].c1ccc([S+](c2ccccc2)c2ccccc2)cc1. The number of quaternary nitrogens is 1. The Balaban J connectivity index is 0.000000235. The van der Waals surface area contributed by atoms with E-state index in [9.17, 15) is 36.0 Å². The standard InChI is InChI=1S/C33H37O3S.C28H31O3S.C19H17S.C18H15S.C9H14NO8S2.C4H12N.4BrH/c1-22-14-30(37(28-10-6-4-7-11-28)29-12-8-5-9-13-29)15-23(2)32(22)35-21-31(34)36-33(3)26-17-24-16-25(19-26)20-27(33)18-24;1-2-28(20-10-5-11-21-28)31-27(29)22-30-23-16-18-26(19-17-23)32(24-12-6-3-7-13-24)25-14-8-4-9-15-25;1-16-12-14-19(15-13-16)20(17-8-4-2-5-9-17)18-10-6-3-7-11-18;1-4-10-16(11-5-1)19(17-12-6-2-7-13-17)18-14-8-3-9-15-18;1-7(2)9(12)18-5-4-17-8(11)6-20(15,16)10-19(3,13)14;1-5(2,3)4;;;;/h4-15,24-27H,16-21H2,1-3H3;3-4,6-9,12-19H,2,5,10-11,20-22H2,1H3;2-15H,1H3;1-15H;1,4-6H2,2-3H3;1-4H3;4*1H/q4*+1;-1;+1;;;;/p-4. The lowest BCUT2D eigenvalue weighted by atomic mass is 9.50. The van der Waals surface area contributed by atoms with Crippen molar-refractivity contribution in [3.05, 3.63) is 367 Å². The monoisotopic (exact) mass is 2220 g/mol. The van der Waals surface area contributed by atoms with Crippen LogP contribution in [0.2, 0.25) is 0 Å². The van der Waals surface area contributed by atoms with E-state index in [-0.39, 0.29) is 167 Å². The molecular weight excluding hydrogens is 2100 g/mol. The molecule has 5 aliphatic carbocycles. The third kappa shape index (κ3) is 36.2. The molecule has 0 spiro atoms. The summed E-state index contributed by atoms with van der Waals surface area (Å²) in [4.78, 5) is 63.3. The van der Waals surface area contributed by atoms with E-state index in [1.807, 2.05) is 24.3 Å². The van der Waals surface area contributed by atoms with Crippen molar-refractivity contribution in [3.8, 4) is 11.5 Å². The van der Waals surface area contributed by atoms with Gasteiger partial charge in [0.05, 0.1) is 91.8 Å². The van der Waals surface area contributed by atoms with E-state index in [1.165, 1.54) is 110 Å². The number of esters is 4. The van der Waals surface area contributed by atoms with E-state index in [0.29, 0.717) is 23.8 Å². The van der Waals surface area contributed by atoms with Crippen molar-refractivity contribution in [3.63, 3.8) is 0 Å². The van der Waals surface area contributed by atoms with Gasteiger partial charge < -0.3 is 105 Å². The van der Waals surface area contributed by atoms with Crippen LogP contribution in [0.25, 0.3) is 4.13 Å². The van der Waals surface area contributed by atoms with Crippen LogP contribution in [0.3, 0.4) is 0 Å². The first kappa shape index (κ1) is 115.